The standard InChI is InChI=1S/C18H28N2O4/c1-17(2,3)24-16(22)20-14-6-5-12(11-15(14)23-4)18(19)9-7-13(21)8-10-18/h5-6,11,13,21H,7-10,19H2,1-4H3,(H,20,22). The molecule has 0 radical (unpaired) electrons. The quantitative estimate of drug-likeness (QED) is 0.788. The number of carbonyl (C=O) groups is 1. The Balaban J connectivity index is 2.17. The fraction of sp³-hybridized carbons (Fsp3) is 0.611. The van der Waals surface area contributed by atoms with Gasteiger partial charge in [-0.15, -0.1) is 0 Å². The van der Waals surface area contributed by atoms with E-state index in [2.05, 4.69) is 5.32 Å². The molecule has 0 aliphatic heterocycles. The molecule has 0 unspecified atom stereocenters. The van der Waals surface area contributed by atoms with Crippen molar-refractivity contribution in [3.8, 4) is 5.75 Å². The summed E-state index contributed by atoms with van der Waals surface area (Å²) in [5.41, 5.74) is 6.96. The van der Waals surface area contributed by atoms with E-state index in [1.165, 1.54) is 0 Å². The zero-order valence-corrected chi connectivity index (χ0v) is 14.9. The van der Waals surface area contributed by atoms with Crippen molar-refractivity contribution in [2.24, 2.45) is 5.73 Å². The summed E-state index contributed by atoms with van der Waals surface area (Å²) in [7, 11) is 1.55. The van der Waals surface area contributed by atoms with Gasteiger partial charge in [-0.3, -0.25) is 5.32 Å². The topological polar surface area (TPSA) is 93.8 Å². The minimum atomic E-state index is -0.568. The molecule has 0 bridgehead atoms. The van der Waals surface area contributed by atoms with E-state index in [1.807, 2.05) is 32.9 Å². The van der Waals surface area contributed by atoms with Crippen LogP contribution in [0.3, 0.4) is 0 Å². The van der Waals surface area contributed by atoms with E-state index in [0.717, 1.165) is 18.4 Å². The van der Waals surface area contributed by atoms with Gasteiger partial charge in [0.1, 0.15) is 11.4 Å². The van der Waals surface area contributed by atoms with Gasteiger partial charge in [0.05, 0.1) is 18.9 Å². The van der Waals surface area contributed by atoms with Crippen LogP contribution in [0.25, 0.3) is 0 Å². The first kappa shape index (κ1) is 18.5. The molecule has 1 aromatic carbocycles. The number of rotatable bonds is 3. The Hall–Kier alpha value is -1.79. The van der Waals surface area contributed by atoms with E-state index in [-0.39, 0.29) is 6.10 Å². The molecule has 0 aromatic heterocycles. The van der Waals surface area contributed by atoms with Gasteiger partial charge in [0.2, 0.25) is 0 Å². The van der Waals surface area contributed by atoms with E-state index in [0.29, 0.717) is 24.3 Å². The zero-order chi connectivity index (χ0) is 18.0. The van der Waals surface area contributed by atoms with Crippen LogP contribution in [0.15, 0.2) is 18.2 Å². The number of hydrogen-bond donors (Lipinski definition) is 3. The van der Waals surface area contributed by atoms with E-state index in [9.17, 15) is 9.90 Å². The second-order valence-corrected chi connectivity index (χ2v) is 7.43. The van der Waals surface area contributed by atoms with Gasteiger partial charge in [-0.25, -0.2) is 4.79 Å². The van der Waals surface area contributed by atoms with Crippen molar-refractivity contribution in [1.82, 2.24) is 0 Å². The summed E-state index contributed by atoms with van der Waals surface area (Å²) in [5.74, 6) is 0.536. The van der Waals surface area contributed by atoms with Crippen LogP contribution in [0.1, 0.15) is 52.0 Å². The molecule has 1 aliphatic rings. The van der Waals surface area contributed by atoms with Gasteiger partial charge in [-0.2, -0.15) is 0 Å². The normalized spacial score (nSPS) is 24.3. The number of benzene rings is 1. The first-order valence-corrected chi connectivity index (χ1v) is 8.28. The summed E-state index contributed by atoms with van der Waals surface area (Å²) in [6, 6.07) is 5.52. The zero-order valence-electron chi connectivity index (χ0n) is 14.9. The first-order chi connectivity index (χ1) is 11.1. The molecule has 0 spiro atoms. The molecule has 4 N–H and O–H groups in total. The van der Waals surface area contributed by atoms with Crippen molar-refractivity contribution in [1.29, 1.82) is 0 Å². The SMILES string of the molecule is COc1cc(C2(N)CCC(O)CC2)ccc1NC(=O)OC(C)(C)C. The highest BCUT2D eigenvalue weighted by Crippen LogP contribution is 2.38. The number of ether oxygens (including phenoxy) is 2. The molecule has 0 atom stereocenters. The Labute approximate surface area is 143 Å². The Bertz CT molecular complexity index is 587. The number of hydrogen-bond acceptors (Lipinski definition) is 5. The predicted molar refractivity (Wildman–Crippen MR) is 93.2 cm³/mol. The third-order valence-corrected chi connectivity index (χ3v) is 4.26. The van der Waals surface area contributed by atoms with Gasteiger partial charge in [0.15, 0.2) is 0 Å². The summed E-state index contributed by atoms with van der Waals surface area (Å²) in [6.07, 6.45) is 2.02. The molecular weight excluding hydrogens is 308 g/mol. The maximum Gasteiger partial charge on any atom is 0.412 e. The molecule has 0 saturated heterocycles. The van der Waals surface area contributed by atoms with E-state index in [4.69, 9.17) is 15.2 Å². The van der Waals surface area contributed by atoms with Crippen molar-refractivity contribution in [3.05, 3.63) is 23.8 Å². The number of aliphatic hydroxyl groups is 1. The van der Waals surface area contributed by atoms with Crippen LogP contribution in [0.2, 0.25) is 0 Å². The van der Waals surface area contributed by atoms with Gasteiger partial charge in [-0.1, -0.05) is 6.07 Å². The number of anilines is 1. The van der Waals surface area contributed by atoms with E-state index >= 15 is 0 Å². The van der Waals surface area contributed by atoms with Crippen molar-refractivity contribution in [3.63, 3.8) is 0 Å². The Kier molecular flexibility index (Phi) is 5.40. The van der Waals surface area contributed by atoms with Crippen molar-refractivity contribution >= 4 is 11.8 Å². The van der Waals surface area contributed by atoms with Gasteiger partial charge in [0.25, 0.3) is 0 Å². The number of nitrogens with two attached hydrogens (primary N) is 1. The maximum absolute atomic E-state index is 11.9. The molecular formula is C18H28N2O4. The van der Waals surface area contributed by atoms with Crippen LogP contribution in [0.4, 0.5) is 10.5 Å². The predicted octanol–water partition coefficient (Wildman–Crippen LogP) is 3.13. The number of nitrogens with one attached hydrogen (secondary N) is 1. The minimum absolute atomic E-state index is 0.267. The molecule has 1 fully saturated rings. The smallest absolute Gasteiger partial charge is 0.412 e. The van der Waals surface area contributed by atoms with Gasteiger partial charge in [0, 0.05) is 5.54 Å². The van der Waals surface area contributed by atoms with Crippen LogP contribution in [0.5, 0.6) is 5.75 Å². The molecule has 1 amide bonds. The molecule has 24 heavy (non-hydrogen) atoms. The summed E-state index contributed by atoms with van der Waals surface area (Å²) in [6.45, 7) is 5.42. The average molecular weight is 336 g/mol. The lowest BCUT2D eigenvalue weighted by Crippen LogP contribution is -2.41. The highest BCUT2D eigenvalue weighted by atomic mass is 16.6. The lowest BCUT2D eigenvalue weighted by molar-refractivity contribution is 0.0635. The second-order valence-electron chi connectivity index (χ2n) is 7.43. The Morgan fingerprint density at radius 3 is 2.50 bits per heavy atom. The van der Waals surface area contributed by atoms with E-state index in [1.54, 1.807) is 13.2 Å². The van der Waals surface area contributed by atoms with Crippen molar-refractivity contribution < 1.29 is 19.4 Å². The second kappa shape index (κ2) is 6.99. The molecule has 6 nitrogen and oxygen atoms in total. The van der Waals surface area contributed by atoms with Crippen molar-refractivity contribution in [2.45, 2.75) is 63.7 Å². The molecule has 1 aliphatic carbocycles. The lowest BCUT2D eigenvalue weighted by atomic mass is 9.76. The first-order valence-electron chi connectivity index (χ1n) is 8.28. The highest BCUT2D eigenvalue weighted by molar-refractivity contribution is 5.87. The number of carbonyl (C=O) groups excluding carboxylic acids is 1. The maximum atomic E-state index is 11.9. The minimum Gasteiger partial charge on any atom is -0.495 e. The molecule has 0 heterocycles. The summed E-state index contributed by atoms with van der Waals surface area (Å²) < 4.78 is 10.7. The molecule has 2 rings (SSSR count). The highest BCUT2D eigenvalue weighted by Gasteiger charge is 2.33. The van der Waals surface area contributed by atoms with Crippen LogP contribution in [-0.4, -0.2) is 30.0 Å². The fourth-order valence-corrected chi connectivity index (χ4v) is 2.92. The number of amides is 1. The van der Waals surface area contributed by atoms with Gasteiger partial charge < -0.3 is 20.3 Å². The molecule has 6 heteroatoms. The van der Waals surface area contributed by atoms with Crippen LogP contribution >= 0.6 is 0 Å². The largest absolute Gasteiger partial charge is 0.495 e. The third kappa shape index (κ3) is 4.61. The molecule has 1 aromatic rings. The monoisotopic (exact) mass is 336 g/mol. The van der Waals surface area contributed by atoms with Crippen LogP contribution < -0.4 is 15.8 Å². The lowest BCUT2D eigenvalue weighted by Gasteiger charge is -2.36. The number of methoxy groups -OCH3 is 1. The van der Waals surface area contributed by atoms with Crippen molar-refractivity contribution in [2.75, 3.05) is 12.4 Å². The summed E-state index contributed by atoms with van der Waals surface area (Å²) in [5, 5.41) is 12.4. The van der Waals surface area contributed by atoms with Gasteiger partial charge in [-0.05, 0) is 64.2 Å². The fourth-order valence-electron chi connectivity index (χ4n) is 2.92. The van der Waals surface area contributed by atoms with Crippen LogP contribution in [-0.2, 0) is 10.3 Å². The Morgan fingerprint density at radius 2 is 1.96 bits per heavy atom. The molecule has 134 valence electrons. The molecule has 1 saturated carbocycles. The summed E-state index contributed by atoms with van der Waals surface area (Å²) >= 11 is 0. The summed E-state index contributed by atoms with van der Waals surface area (Å²) in [4.78, 5) is 11.9. The van der Waals surface area contributed by atoms with Crippen LogP contribution in [0, 0.1) is 0 Å². The average Bonchev–Trinajstić information content (AvgIpc) is 2.49. The van der Waals surface area contributed by atoms with Gasteiger partial charge >= 0.3 is 6.09 Å². The number of aliphatic hydroxyl groups excluding tert-OH is 1. The third-order valence-electron chi connectivity index (χ3n) is 4.26. The van der Waals surface area contributed by atoms with E-state index < -0.39 is 17.2 Å². The Morgan fingerprint density at radius 1 is 1.33 bits per heavy atom.